The molecule has 0 bridgehead atoms. The van der Waals surface area contributed by atoms with E-state index in [1.54, 1.807) is 19.2 Å². The predicted octanol–water partition coefficient (Wildman–Crippen LogP) is 3.43. The molecule has 6 heteroatoms. The number of nitrogens with zero attached hydrogens (tertiary/aromatic N) is 1. The highest BCUT2D eigenvalue weighted by molar-refractivity contribution is 14.1. The number of nitro groups is 1. The number of methoxy groups -OCH3 is 1. The monoisotopic (exact) mass is 376 g/mol. The van der Waals surface area contributed by atoms with Crippen LogP contribution in [0.25, 0.3) is 0 Å². The van der Waals surface area contributed by atoms with Crippen LogP contribution in [0.5, 0.6) is 0 Å². The van der Waals surface area contributed by atoms with E-state index in [2.05, 4.69) is 27.9 Å². The summed E-state index contributed by atoms with van der Waals surface area (Å²) in [5, 5.41) is 14.3. The van der Waals surface area contributed by atoms with Crippen LogP contribution in [0.3, 0.4) is 0 Å². The molecule has 1 N–H and O–H groups in total. The van der Waals surface area contributed by atoms with Crippen LogP contribution in [0.4, 0.5) is 11.4 Å². The third-order valence-corrected chi connectivity index (χ3v) is 4.27. The maximum absolute atomic E-state index is 11.0. The van der Waals surface area contributed by atoms with Gasteiger partial charge in [0.1, 0.15) is 5.69 Å². The van der Waals surface area contributed by atoms with Crippen molar-refractivity contribution in [3.63, 3.8) is 0 Å². The highest BCUT2D eigenvalue weighted by Crippen LogP contribution is 2.49. The Morgan fingerprint density at radius 1 is 1.53 bits per heavy atom. The lowest BCUT2D eigenvalue weighted by Crippen LogP contribution is -2.17. The summed E-state index contributed by atoms with van der Waals surface area (Å²) in [5.41, 5.74) is 1.02. The normalized spacial score (nSPS) is 16.1. The van der Waals surface area contributed by atoms with Gasteiger partial charge in [0.15, 0.2) is 0 Å². The lowest BCUT2D eigenvalue weighted by atomic mass is 10.0. The Hall–Kier alpha value is -0.890. The van der Waals surface area contributed by atoms with Gasteiger partial charge in [-0.1, -0.05) is 0 Å². The first-order valence-electron chi connectivity index (χ1n) is 6.23. The molecule has 0 spiro atoms. The Labute approximate surface area is 126 Å². The molecular formula is C13H17IN2O3. The van der Waals surface area contributed by atoms with Crippen LogP contribution in [-0.2, 0) is 4.74 Å². The van der Waals surface area contributed by atoms with Crippen LogP contribution >= 0.6 is 22.6 Å². The maximum atomic E-state index is 11.0. The summed E-state index contributed by atoms with van der Waals surface area (Å²) >= 11 is 2.08. The number of nitrogens with one attached hydrogen (secondary N) is 1. The molecule has 1 saturated carbocycles. The molecule has 0 saturated heterocycles. The third-order valence-electron chi connectivity index (χ3n) is 3.60. The van der Waals surface area contributed by atoms with E-state index in [9.17, 15) is 10.1 Å². The summed E-state index contributed by atoms with van der Waals surface area (Å²) in [5.74, 6) is 0. The zero-order valence-corrected chi connectivity index (χ0v) is 13.0. The molecule has 104 valence electrons. The molecule has 1 aliphatic carbocycles. The van der Waals surface area contributed by atoms with Gasteiger partial charge in [0.05, 0.1) is 4.92 Å². The third kappa shape index (κ3) is 3.79. The molecule has 0 atom stereocenters. The molecule has 2 rings (SSSR count). The van der Waals surface area contributed by atoms with Crippen LogP contribution in [0, 0.1) is 19.1 Å². The van der Waals surface area contributed by atoms with E-state index < -0.39 is 0 Å². The highest BCUT2D eigenvalue weighted by Gasteiger charge is 2.41. The van der Waals surface area contributed by atoms with Gasteiger partial charge in [0, 0.05) is 29.9 Å². The Balaban J connectivity index is 2.01. The summed E-state index contributed by atoms with van der Waals surface area (Å²) in [7, 11) is 1.70. The molecular weight excluding hydrogens is 359 g/mol. The molecule has 1 aromatic rings. The van der Waals surface area contributed by atoms with Crippen LogP contribution in [-0.4, -0.2) is 25.2 Å². The Kier molecular flexibility index (Phi) is 4.62. The summed E-state index contributed by atoms with van der Waals surface area (Å²) < 4.78 is 5.98. The standard InChI is InChI=1S/C13H17IN2O3/c1-19-7-6-13(4-5-13)9-15-11-3-2-10(14)8-12(11)16(17)18/h2-3,8,15H,4-7,9H2,1H3. The molecule has 0 amide bonds. The first-order chi connectivity index (χ1) is 9.06. The van der Waals surface area contributed by atoms with E-state index in [1.165, 1.54) is 12.8 Å². The smallest absolute Gasteiger partial charge is 0.293 e. The second-order valence-electron chi connectivity index (χ2n) is 5.01. The van der Waals surface area contributed by atoms with Crippen LogP contribution in [0.1, 0.15) is 19.3 Å². The van der Waals surface area contributed by atoms with Crippen LogP contribution in [0.2, 0.25) is 0 Å². The van der Waals surface area contributed by atoms with Gasteiger partial charge in [-0.05, 0) is 59.4 Å². The van der Waals surface area contributed by atoms with E-state index in [0.29, 0.717) is 5.69 Å². The molecule has 0 radical (unpaired) electrons. The number of anilines is 1. The van der Waals surface area contributed by atoms with Crippen molar-refractivity contribution in [3.05, 3.63) is 31.9 Å². The molecule has 5 nitrogen and oxygen atoms in total. The van der Waals surface area contributed by atoms with E-state index in [-0.39, 0.29) is 16.0 Å². The van der Waals surface area contributed by atoms with Crippen molar-refractivity contribution in [2.24, 2.45) is 5.41 Å². The molecule has 19 heavy (non-hydrogen) atoms. The van der Waals surface area contributed by atoms with E-state index in [4.69, 9.17) is 4.74 Å². The van der Waals surface area contributed by atoms with Crippen molar-refractivity contribution in [1.82, 2.24) is 0 Å². The number of benzene rings is 1. The van der Waals surface area contributed by atoms with Crippen molar-refractivity contribution < 1.29 is 9.66 Å². The van der Waals surface area contributed by atoms with Crippen LogP contribution in [0.15, 0.2) is 18.2 Å². The highest BCUT2D eigenvalue weighted by atomic mass is 127. The zero-order valence-electron chi connectivity index (χ0n) is 10.8. The molecule has 1 aliphatic rings. The average Bonchev–Trinajstić information content (AvgIpc) is 3.15. The quantitative estimate of drug-likeness (QED) is 0.450. The topological polar surface area (TPSA) is 64.4 Å². The number of ether oxygens (including phenoxy) is 1. The second kappa shape index (κ2) is 6.04. The summed E-state index contributed by atoms with van der Waals surface area (Å²) in [4.78, 5) is 10.7. The number of nitro benzene ring substituents is 1. The fourth-order valence-electron chi connectivity index (χ4n) is 2.10. The fraction of sp³-hybridized carbons (Fsp3) is 0.538. The number of halogens is 1. The maximum Gasteiger partial charge on any atom is 0.293 e. The van der Waals surface area contributed by atoms with Gasteiger partial charge in [-0.2, -0.15) is 0 Å². The van der Waals surface area contributed by atoms with E-state index in [1.807, 2.05) is 6.07 Å². The van der Waals surface area contributed by atoms with Crippen molar-refractivity contribution in [3.8, 4) is 0 Å². The fourth-order valence-corrected chi connectivity index (χ4v) is 2.57. The van der Waals surface area contributed by atoms with Crippen molar-refractivity contribution in [1.29, 1.82) is 0 Å². The first kappa shape index (κ1) is 14.5. The van der Waals surface area contributed by atoms with Gasteiger partial charge < -0.3 is 10.1 Å². The van der Waals surface area contributed by atoms with Crippen molar-refractivity contribution >= 4 is 34.0 Å². The van der Waals surface area contributed by atoms with Gasteiger partial charge in [-0.15, -0.1) is 0 Å². The van der Waals surface area contributed by atoms with Gasteiger partial charge in [0.2, 0.25) is 0 Å². The van der Waals surface area contributed by atoms with Gasteiger partial charge in [0.25, 0.3) is 5.69 Å². The SMILES string of the molecule is COCCC1(CNc2ccc(I)cc2[N+](=O)[O-])CC1. The van der Waals surface area contributed by atoms with Gasteiger partial charge in [-0.25, -0.2) is 0 Å². The second-order valence-corrected chi connectivity index (χ2v) is 6.26. The minimum atomic E-state index is -0.334. The number of rotatable bonds is 7. The molecule has 0 unspecified atom stereocenters. The predicted molar refractivity (Wildman–Crippen MR) is 82.5 cm³/mol. The summed E-state index contributed by atoms with van der Waals surface area (Å²) in [6.45, 7) is 1.52. The Bertz CT molecular complexity index is 475. The largest absolute Gasteiger partial charge is 0.385 e. The average molecular weight is 376 g/mol. The molecule has 0 aliphatic heterocycles. The minimum absolute atomic E-state index is 0.148. The van der Waals surface area contributed by atoms with Gasteiger partial charge >= 0.3 is 0 Å². The Morgan fingerprint density at radius 3 is 2.84 bits per heavy atom. The molecule has 1 aromatic carbocycles. The number of hydrogen-bond acceptors (Lipinski definition) is 4. The van der Waals surface area contributed by atoms with Crippen LogP contribution < -0.4 is 5.32 Å². The molecule has 0 aromatic heterocycles. The summed E-state index contributed by atoms with van der Waals surface area (Å²) in [6, 6.07) is 5.26. The molecule has 1 fully saturated rings. The van der Waals surface area contributed by atoms with Gasteiger partial charge in [-0.3, -0.25) is 10.1 Å². The van der Waals surface area contributed by atoms with Crippen molar-refractivity contribution in [2.45, 2.75) is 19.3 Å². The lowest BCUT2D eigenvalue weighted by molar-refractivity contribution is -0.384. The zero-order chi connectivity index (χ0) is 13.9. The van der Waals surface area contributed by atoms with Crippen molar-refractivity contribution in [2.75, 3.05) is 25.6 Å². The first-order valence-corrected chi connectivity index (χ1v) is 7.31. The van der Waals surface area contributed by atoms with E-state index >= 15 is 0 Å². The lowest BCUT2D eigenvalue weighted by Gasteiger charge is -2.16. The minimum Gasteiger partial charge on any atom is -0.385 e. The molecule has 0 heterocycles. The number of hydrogen-bond donors (Lipinski definition) is 1. The summed E-state index contributed by atoms with van der Waals surface area (Å²) in [6.07, 6.45) is 3.34. The van der Waals surface area contributed by atoms with E-state index in [0.717, 1.165) is 23.1 Å². The Morgan fingerprint density at radius 2 is 2.26 bits per heavy atom.